The number of imidazole rings is 1. The molecule has 0 aliphatic rings. The molecule has 0 bridgehead atoms. The van der Waals surface area contributed by atoms with Crippen LogP contribution in [0.25, 0.3) is 17.4 Å². The second-order valence-electron chi connectivity index (χ2n) is 5.90. The molecule has 0 atom stereocenters. The Labute approximate surface area is 170 Å². The molecule has 5 aromatic rings. The van der Waals surface area contributed by atoms with Gasteiger partial charge in [-0.25, -0.2) is 23.8 Å². The fourth-order valence-electron chi connectivity index (χ4n) is 2.58. The fourth-order valence-corrected chi connectivity index (χ4v) is 2.72. The van der Waals surface area contributed by atoms with Crippen LogP contribution < -0.4 is 16.4 Å². The summed E-state index contributed by atoms with van der Waals surface area (Å²) in [6, 6.07) is 3.12. The van der Waals surface area contributed by atoms with E-state index >= 15 is 0 Å². The van der Waals surface area contributed by atoms with Gasteiger partial charge < -0.3 is 10.1 Å². The van der Waals surface area contributed by atoms with Gasteiger partial charge in [0.05, 0.1) is 18.0 Å². The van der Waals surface area contributed by atoms with Crippen molar-refractivity contribution in [1.82, 2.24) is 39.2 Å². The average Bonchev–Trinajstić information content (AvgIpc) is 3.39. The highest BCUT2D eigenvalue weighted by Crippen LogP contribution is 2.09. The minimum absolute atomic E-state index is 0.115. The summed E-state index contributed by atoms with van der Waals surface area (Å²) in [5.41, 5.74) is 1.26. The third-order valence-corrected chi connectivity index (χ3v) is 4.13. The number of carbonyl (C=O) groups excluding carboxylic acids is 1. The molecule has 0 aromatic carbocycles. The molecule has 12 nitrogen and oxygen atoms in total. The third-order valence-electron chi connectivity index (χ3n) is 3.92. The SMILES string of the molecule is N=c1ccn2ncc(=Cc3[nH]c(=O)[nH]c3O)c2n1.O=Cc1cnn2ccc(Cl)nc12. The Morgan fingerprint density at radius 3 is 2.53 bits per heavy atom. The van der Waals surface area contributed by atoms with Crippen LogP contribution in [0.4, 0.5) is 0 Å². The van der Waals surface area contributed by atoms with Crippen LogP contribution in [0.15, 0.2) is 41.7 Å². The second kappa shape index (κ2) is 7.60. The van der Waals surface area contributed by atoms with E-state index in [0.29, 0.717) is 33.5 Å². The van der Waals surface area contributed by atoms with E-state index in [1.54, 1.807) is 18.5 Å². The lowest BCUT2D eigenvalue weighted by Crippen LogP contribution is -2.11. The van der Waals surface area contributed by atoms with Crippen molar-refractivity contribution in [1.29, 1.82) is 5.41 Å². The Kier molecular flexibility index (Phi) is 4.82. The first-order chi connectivity index (χ1) is 14.4. The Balaban J connectivity index is 0.000000158. The third kappa shape index (κ3) is 3.66. The number of halogens is 1. The second-order valence-corrected chi connectivity index (χ2v) is 6.29. The molecule has 0 unspecified atom stereocenters. The van der Waals surface area contributed by atoms with Gasteiger partial charge in [-0.1, -0.05) is 11.6 Å². The van der Waals surface area contributed by atoms with Gasteiger partial charge in [0.2, 0.25) is 5.88 Å². The maximum Gasteiger partial charge on any atom is 0.326 e. The number of aromatic hydroxyl groups is 1. The van der Waals surface area contributed by atoms with Crippen molar-refractivity contribution in [3.63, 3.8) is 0 Å². The molecule has 13 heteroatoms. The molecule has 4 N–H and O–H groups in total. The number of hydrogen-bond donors (Lipinski definition) is 4. The van der Waals surface area contributed by atoms with Crippen molar-refractivity contribution in [3.8, 4) is 5.88 Å². The van der Waals surface area contributed by atoms with Crippen LogP contribution in [0.1, 0.15) is 16.1 Å². The van der Waals surface area contributed by atoms with Gasteiger partial charge in [-0.05, 0) is 12.1 Å². The highest BCUT2D eigenvalue weighted by molar-refractivity contribution is 6.29. The van der Waals surface area contributed by atoms with Gasteiger partial charge in [0, 0.05) is 23.7 Å². The number of carbonyl (C=O) groups is 1. The molecule has 0 radical (unpaired) electrons. The molecule has 5 heterocycles. The molecule has 0 saturated carbocycles. The highest BCUT2D eigenvalue weighted by atomic mass is 35.5. The van der Waals surface area contributed by atoms with Crippen LogP contribution in [-0.4, -0.2) is 50.6 Å². The van der Waals surface area contributed by atoms with Crippen molar-refractivity contribution >= 4 is 35.3 Å². The minimum atomic E-state index is -0.496. The molecule has 30 heavy (non-hydrogen) atoms. The van der Waals surface area contributed by atoms with E-state index in [-0.39, 0.29) is 17.1 Å². The van der Waals surface area contributed by atoms with Gasteiger partial charge in [-0.2, -0.15) is 10.2 Å². The number of nitrogens with zero attached hydrogens (tertiary/aromatic N) is 6. The summed E-state index contributed by atoms with van der Waals surface area (Å²) in [5.74, 6) is -0.249. The van der Waals surface area contributed by atoms with Crippen LogP contribution in [0.3, 0.4) is 0 Å². The average molecular weight is 426 g/mol. The normalized spacial score (nSPS) is 11.6. The van der Waals surface area contributed by atoms with Crippen molar-refractivity contribution < 1.29 is 9.90 Å². The zero-order valence-corrected chi connectivity index (χ0v) is 15.7. The van der Waals surface area contributed by atoms with E-state index in [0.717, 1.165) is 0 Å². The van der Waals surface area contributed by atoms with E-state index in [4.69, 9.17) is 17.0 Å². The van der Waals surface area contributed by atoms with Crippen molar-refractivity contribution in [2.75, 3.05) is 0 Å². The smallest absolute Gasteiger partial charge is 0.326 e. The maximum atomic E-state index is 11.0. The first kappa shape index (κ1) is 19.0. The molecule has 0 fully saturated rings. The number of hydrogen-bond acceptors (Lipinski definition) is 8. The number of aromatic amines is 2. The number of H-pyrrole nitrogens is 2. The zero-order valence-electron chi connectivity index (χ0n) is 14.9. The van der Waals surface area contributed by atoms with E-state index < -0.39 is 5.69 Å². The standard InChI is InChI=1S/C10H8N6O2.C7H4ClN3O/c11-7-1-2-16-8(14-7)5(4-12-16)3-6-9(17)15-10(18)13-6;8-6-1-2-11-7(10-6)5(4-12)3-9-11/h1-4,11,17H,(H2,13,15,18);1-4H. The Morgan fingerprint density at radius 2 is 1.80 bits per heavy atom. The quantitative estimate of drug-likeness (QED) is 0.221. The van der Waals surface area contributed by atoms with Gasteiger partial charge in [0.1, 0.15) is 16.3 Å². The van der Waals surface area contributed by atoms with Crippen LogP contribution in [0.5, 0.6) is 5.88 Å². The first-order valence-corrected chi connectivity index (χ1v) is 8.69. The Hall–Kier alpha value is -4.32. The lowest BCUT2D eigenvalue weighted by molar-refractivity contribution is 0.112. The molecule has 0 spiro atoms. The lowest BCUT2D eigenvalue weighted by atomic mass is 10.3. The number of rotatable bonds is 2. The summed E-state index contributed by atoms with van der Waals surface area (Å²) in [6.45, 7) is 0. The van der Waals surface area contributed by atoms with Gasteiger partial charge in [0.25, 0.3) is 0 Å². The van der Waals surface area contributed by atoms with Crippen LogP contribution >= 0.6 is 11.6 Å². The molecular weight excluding hydrogens is 414 g/mol. The minimum Gasteiger partial charge on any atom is -0.493 e. The largest absolute Gasteiger partial charge is 0.493 e. The highest BCUT2D eigenvalue weighted by Gasteiger charge is 2.05. The topological polar surface area (TPSA) is 170 Å². The van der Waals surface area contributed by atoms with Crippen molar-refractivity contribution in [2.45, 2.75) is 0 Å². The van der Waals surface area contributed by atoms with Crippen LogP contribution in [0.2, 0.25) is 5.15 Å². The number of fused-ring (bicyclic) bond motifs is 2. The summed E-state index contributed by atoms with van der Waals surface area (Å²) < 4.78 is 3.00. The predicted octanol–water partition coefficient (Wildman–Crippen LogP) is -0.326. The summed E-state index contributed by atoms with van der Waals surface area (Å²) in [7, 11) is 0. The van der Waals surface area contributed by atoms with Gasteiger partial charge in [-0.15, -0.1) is 0 Å². The molecule has 150 valence electrons. The Morgan fingerprint density at radius 1 is 1.07 bits per heavy atom. The predicted molar refractivity (Wildman–Crippen MR) is 104 cm³/mol. The zero-order chi connectivity index (χ0) is 21.3. The first-order valence-electron chi connectivity index (χ1n) is 8.31. The fraction of sp³-hybridized carbons (Fsp3) is 0. The number of aromatic nitrogens is 8. The molecule has 0 amide bonds. The van der Waals surface area contributed by atoms with Crippen LogP contribution in [0, 0.1) is 5.41 Å². The monoisotopic (exact) mass is 425 g/mol. The summed E-state index contributed by atoms with van der Waals surface area (Å²) in [5, 5.41) is 25.8. The maximum absolute atomic E-state index is 11.0. The molecular formula is C17H12ClN9O3. The van der Waals surface area contributed by atoms with Crippen LogP contribution in [-0.2, 0) is 0 Å². The number of aldehydes is 1. The lowest BCUT2D eigenvalue weighted by Gasteiger charge is -1.91. The Bertz CT molecular complexity index is 1550. The molecule has 0 aliphatic heterocycles. The molecule has 5 aromatic heterocycles. The number of nitrogens with one attached hydrogen (secondary N) is 3. The summed E-state index contributed by atoms with van der Waals surface area (Å²) >= 11 is 5.64. The van der Waals surface area contributed by atoms with Gasteiger partial charge in [-0.3, -0.25) is 15.2 Å². The van der Waals surface area contributed by atoms with Crippen molar-refractivity contribution in [2.24, 2.45) is 0 Å². The van der Waals surface area contributed by atoms with Gasteiger partial charge >= 0.3 is 5.69 Å². The molecule has 0 aliphatic carbocycles. The summed E-state index contributed by atoms with van der Waals surface area (Å²) in [6.07, 6.45) is 8.48. The van der Waals surface area contributed by atoms with E-state index in [1.807, 2.05) is 0 Å². The molecule has 5 rings (SSSR count). The molecule has 0 saturated heterocycles. The van der Waals surface area contributed by atoms with Gasteiger partial charge in [0.15, 0.2) is 17.6 Å². The van der Waals surface area contributed by atoms with E-state index in [2.05, 4.69) is 30.1 Å². The van der Waals surface area contributed by atoms with E-state index in [1.165, 1.54) is 33.6 Å². The van der Waals surface area contributed by atoms with Crippen molar-refractivity contribution in [3.05, 3.63) is 74.5 Å². The van der Waals surface area contributed by atoms with E-state index in [9.17, 15) is 14.7 Å². The summed E-state index contributed by atoms with van der Waals surface area (Å²) in [4.78, 5) is 34.1.